The zero-order valence-electron chi connectivity index (χ0n) is 22.4. The molecule has 4 nitrogen and oxygen atoms in total. The summed E-state index contributed by atoms with van der Waals surface area (Å²) in [6.45, 7) is 19.6. The van der Waals surface area contributed by atoms with E-state index in [1.165, 1.54) is 25.7 Å². The van der Waals surface area contributed by atoms with E-state index in [4.69, 9.17) is 16.0 Å². The van der Waals surface area contributed by atoms with Gasteiger partial charge < -0.3 is 14.2 Å². The van der Waals surface area contributed by atoms with Crippen molar-refractivity contribution in [2.24, 2.45) is 0 Å². The normalized spacial score (nSPS) is 16.8. The van der Waals surface area contributed by atoms with Gasteiger partial charge in [-0.3, -0.25) is 4.79 Å². The van der Waals surface area contributed by atoms with E-state index in [1.54, 1.807) is 17.0 Å². The Morgan fingerprint density at radius 2 is 1.84 bits per heavy atom. The van der Waals surface area contributed by atoms with E-state index in [-0.39, 0.29) is 27.9 Å². The molecule has 0 atom stereocenters. The number of allylic oxidation sites excluding steroid dienone is 6. The molecule has 2 aliphatic heterocycles. The fraction of sp³-hybridized carbons (Fsp3) is 0.345. The molecule has 0 fully saturated rings. The van der Waals surface area contributed by atoms with Gasteiger partial charge in [0.1, 0.15) is 5.16 Å². The molecule has 0 N–H and O–H groups in total. The van der Waals surface area contributed by atoms with Crippen LogP contribution < -0.4 is 0 Å². The van der Waals surface area contributed by atoms with Crippen LogP contribution in [0, 0.1) is 0 Å². The molecule has 0 aromatic carbocycles. The van der Waals surface area contributed by atoms with Crippen molar-refractivity contribution in [3.63, 3.8) is 0 Å². The third-order valence-corrected chi connectivity index (χ3v) is 6.01. The number of hydrogen-bond acceptors (Lipinski definition) is 3. The summed E-state index contributed by atoms with van der Waals surface area (Å²) in [6.07, 6.45) is 6.68. The Bertz CT molecular complexity index is 1120. The van der Waals surface area contributed by atoms with Crippen molar-refractivity contribution in [2.75, 3.05) is 13.1 Å². The number of rotatable bonds is 5. The smallest absolute Gasteiger partial charge is 0.418 e. The molecule has 2 aliphatic rings. The first-order chi connectivity index (χ1) is 17.5. The zero-order chi connectivity index (χ0) is 28.3. The number of halogens is 4. The highest BCUT2D eigenvalue weighted by atomic mass is 35.5. The van der Waals surface area contributed by atoms with Crippen LogP contribution in [0.25, 0.3) is 5.57 Å². The maximum atomic E-state index is 13.7. The van der Waals surface area contributed by atoms with Gasteiger partial charge in [0.05, 0.1) is 23.8 Å². The molecule has 0 radical (unpaired) electrons. The first-order valence-electron chi connectivity index (χ1n) is 12.2. The van der Waals surface area contributed by atoms with Crippen LogP contribution in [0.1, 0.15) is 53.5 Å². The molecule has 0 unspecified atom stereocenters. The Morgan fingerprint density at radius 3 is 2.32 bits per heavy atom. The van der Waals surface area contributed by atoms with Gasteiger partial charge in [-0.05, 0) is 43.6 Å². The summed E-state index contributed by atoms with van der Waals surface area (Å²) >= 11 is 6.48. The average molecular weight is 537 g/mol. The zero-order valence-corrected chi connectivity index (χ0v) is 23.1. The molecular formula is C29H36ClF3N2O2. The minimum Gasteiger partial charge on any atom is -0.472 e. The van der Waals surface area contributed by atoms with Gasteiger partial charge in [-0.25, -0.2) is 0 Å². The monoisotopic (exact) mass is 536 g/mol. The molecule has 0 bridgehead atoms. The van der Waals surface area contributed by atoms with Crippen molar-refractivity contribution in [1.82, 2.24) is 9.80 Å². The number of nitrogens with zero attached hydrogens (tertiary/aromatic N) is 2. The van der Waals surface area contributed by atoms with Gasteiger partial charge in [0.25, 0.3) is 5.91 Å². The maximum Gasteiger partial charge on any atom is 0.418 e. The highest BCUT2D eigenvalue weighted by molar-refractivity contribution is 6.31. The quantitative estimate of drug-likeness (QED) is 0.214. The second-order valence-corrected chi connectivity index (χ2v) is 8.06. The topological polar surface area (TPSA) is 36.7 Å². The summed E-state index contributed by atoms with van der Waals surface area (Å²) in [4.78, 5) is 15.8. The lowest BCUT2D eigenvalue weighted by atomic mass is 9.99. The van der Waals surface area contributed by atoms with Crippen LogP contribution in [0.2, 0.25) is 0 Å². The van der Waals surface area contributed by atoms with Crippen molar-refractivity contribution in [2.45, 2.75) is 54.1 Å². The van der Waals surface area contributed by atoms with Crippen LogP contribution in [0.5, 0.6) is 0 Å². The molecule has 0 saturated carbocycles. The Labute approximate surface area is 223 Å². The molecule has 0 saturated heterocycles. The second-order valence-electron chi connectivity index (χ2n) is 7.70. The maximum absolute atomic E-state index is 13.7. The van der Waals surface area contributed by atoms with Crippen LogP contribution in [-0.4, -0.2) is 35.0 Å². The number of furan rings is 1. The minimum absolute atomic E-state index is 0.124. The van der Waals surface area contributed by atoms with Gasteiger partial charge in [-0.15, -0.1) is 0 Å². The largest absolute Gasteiger partial charge is 0.472 e. The summed E-state index contributed by atoms with van der Waals surface area (Å²) in [6, 6.07) is 1.54. The first kappa shape index (κ1) is 31.8. The molecule has 202 valence electrons. The number of carbonyl (C=O) groups excluding carboxylic acids is 1. The van der Waals surface area contributed by atoms with Crippen molar-refractivity contribution < 1.29 is 22.4 Å². The molecule has 8 heteroatoms. The minimum atomic E-state index is -4.65. The summed E-state index contributed by atoms with van der Waals surface area (Å²) in [5.41, 5.74) is 1.70. The van der Waals surface area contributed by atoms with E-state index < -0.39 is 11.7 Å². The summed E-state index contributed by atoms with van der Waals surface area (Å²) in [5, 5.41) is -0.140. The second kappa shape index (κ2) is 14.5. The molecule has 3 heterocycles. The molecule has 1 amide bonds. The number of carbonyl (C=O) groups is 1. The van der Waals surface area contributed by atoms with Crippen LogP contribution >= 0.6 is 11.6 Å². The predicted molar refractivity (Wildman–Crippen MR) is 146 cm³/mol. The highest BCUT2D eigenvalue weighted by Crippen LogP contribution is 2.41. The van der Waals surface area contributed by atoms with Crippen LogP contribution in [0.15, 0.2) is 99.8 Å². The highest BCUT2D eigenvalue weighted by Gasteiger charge is 2.40. The Hall–Kier alpha value is -3.19. The lowest BCUT2D eigenvalue weighted by molar-refractivity contribution is -0.126. The number of hydrogen-bond donors (Lipinski definition) is 0. The average Bonchev–Trinajstić information content (AvgIpc) is 3.44. The predicted octanol–water partition coefficient (Wildman–Crippen LogP) is 8.75. The number of alkyl halides is 3. The van der Waals surface area contributed by atoms with E-state index in [2.05, 4.69) is 13.2 Å². The SMILES string of the molecule is C=C/C=C(\C)C1=CCN(C(=O)/C(C)=C(\Cl)N2C=C(c3ccoc3)C=C(C(F)(F)F)C2=C)CC1.CC.CC. The third-order valence-electron chi connectivity index (χ3n) is 5.54. The van der Waals surface area contributed by atoms with Crippen molar-refractivity contribution in [1.29, 1.82) is 0 Å². The van der Waals surface area contributed by atoms with Crippen LogP contribution in [0.4, 0.5) is 13.2 Å². The standard InChI is InChI=1S/C25H24ClF3N2O2.2C2H6/c1-5-6-16(2)19-7-10-30(11-8-19)24(32)17(3)23(26)31-14-21(20-9-12-33-15-20)13-22(18(31)4)25(27,28)29;2*1-2/h5-7,9,12-15H,1,4,8,10-11H2,2-3H3;2*1-2H3/b16-6+,23-17+;;. The molecular weight excluding hydrogens is 501 g/mol. The third kappa shape index (κ3) is 7.89. The fourth-order valence-corrected chi connectivity index (χ4v) is 3.86. The lowest BCUT2D eigenvalue weighted by Gasteiger charge is -2.32. The molecule has 0 spiro atoms. The van der Waals surface area contributed by atoms with E-state index in [1.807, 2.05) is 46.8 Å². The first-order valence-corrected chi connectivity index (χ1v) is 12.6. The van der Waals surface area contributed by atoms with E-state index >= 15 is 0 Å². The fourth-order valence-electron chi connectivity index (χ4n) is 3.63. The van der Waals surface area contributed by atoms with Crippen molar-refractivity contribution >= 4 is 23.1 Å². The summed E-state index contributed by atoms with van der Waals surface area (Å²) in [5.74, 6) is -0.352. The number of amides is 1. The van der Waals surface area contributed by atoms with Gasteiger partial charge >= 0.3 is 6.18 Å². The Morgan fingerprint density at radius 1 is 1.19 bits per heavy atom. The van der Waals surface area contributed by atoms with Gasteiger partial charge in [-0.1, -0.05) is 70.7 Å². The van der Waals surface area contributed by atoms with E-state index in [0.717, 1.165) is 22.1 Å². The summed E-state index contributed by atoms with van der Waals surface area (Å²) < 4.78 is 46.1. The Balaban J connectivity index is 0.00000163. The van der Waals surface area contributed by atoms with Gasteiger partial charge in [0.2, 0.25) is 0 Å². The van der Waals surface area contributed by atoms with E-state index in [0.29, 0.717) is 25.1 Å². The van der Waals surface area contributed by atoms with Gasteiger partial charge in [-0.2, -0.15) is 13.2 Å². The summed E-state index contributed by atoms with van der Waals surface area (Å²) in [7, 11) is 0. The van der Waals surface area contributed by atoms with E-state index in [9.17, 15) is 18.0 Å². The van der Waals surface area contributed by atoms with Crippen LogP contribution in [-0.2, 0) is 4.79 Å². The van der Waals surface area contributed by atoms with Crippen LogP contribution in [0.3, 0.4) is 0 Å². The van der Waals surface area contributed by atoms with Crippen molar-refractivity contribution in [3.8, 4) is 0 Å². The molecule has 37 heavy (non-hydrogen) atoms. The Kier molecular flexibility index (Phi) is 12.5. The van der Waals surface area contributed by atoms with Crippen molar-refractivity contribution in [3.05, 3.63) is 101 Å². The molecule has 1 aromatic rings. The molecule has 3 rings (SSSR count). The molecule has 1 aromatic heterocycles. The van der Waals surface area contributed by atoms with Gasteiger partial charge in [0, 0.05) is 36.0 Å². The molecule has 0 aliphatic carbocycles. The van der Waals surface area contributed by atoms with Gasteiger partial charge in [0.15, 0.2) is 0 Å². The lowest BCUT2D eigenvalue weighted by Crippen LogP contribution is -2.36.